The van der Waals surface area contributed by atoms with E-state index in [0.29, 0.717) is 13.2 Å². The van der Waals surface area contributed by atoms with Crippen molar-refractivity contribution >= 4 is 11.9 Å². The number of carbonyl (C=O) groups is 2. The van der Waals surface area contributed by atoms with Crippen LogP contribution in [0.1, 0.15) is 12.0 Å². The zero-order chi connectivity index (χ0) is 17.6. The average Bonchev–Trinajstić information content (AvgIpc) is 2.97. The first-order chi connectivity index (χ1) is 12.1. The van der Waals surface area contributed by atoms with E-state index in [0.717, 1.165) is 44.2 Å². The van der Waals surface area contributed by atoms with E-state index in [-0.39, 0.29) is 18.9 Å². The molecule has 1 N–H and O–H groups in total. The van der Waals surface area contributed by atoms with E-state index in [2.05, 4.69) is 4.90 Å². The highest BCUT2D eigenvalue weighted by Crippen LogP contribution is 2.22. The first kappa shape index (κ1) is 17.7. The maximum absolute atomic E-state index is 11.9. The van der Waals surface area contributed by atoms with Crippen molar-refractivity contribution in [1.29, 1.82) is 0 Å². The van der Waals surface area contributed by atoms with Gasteiger partial charge in [-0.25, -0.2) is 0 Å². The van der Waals surface area contributed by atoms with Crippen LogP contribution >= 0.6 is 0 Å². The summed E-state index contributed by atoms with van der Waals surface area (Å²) in [5.41, 5.74) is 0.947. The summed E-state index contributed by atoms with van der Waals surface area (Å²) in [6.45, 7) is 5.58. The van der Waals surface area contributed by atoms with Crippen LogP contribution in [0.15, 0.2) is 24.3 Å². The topological polar surface area (TPSA) is 79.3 Å². The number of carbonyl (C=O) groups excluding carboxylic acids is 1. The third kappa shape index (κ3) is 4.93. The number of hydrogen-bond acceptors (Lipinski definition) is 5. The Labute approximate surface area is 147 Å². The van der Waals surface area contributed by atoms with Crippen molar-refractivity contribution in [3.05, 3.63) is 29.8 Å². The number of benzene rings is 1. The minimum Gasteiger partial charge on any atom is -0.492 e. The molecule has 25 heavy (non-hydrogen) atoms. The monoisotopic (exact) mass is 348 g/mol. The van der Waals surface area contributed by atoms with E-state index in [4.69, 9.17) is 14.6 Å². The van der Waals surface area contributed by atoms with Gasteiger partial charge in [0.2, 0.25) is 5.91 Å². The lowest BCUT2D eigenvalue weighted by Crippen LogP contribution is -2.38. The van der Waals surface area contributed by atoms with Gasteiger partial charge in [-0.1, -0.05) is 12.1 Å². The molecule has 0 aliphatic carbocycles. The lowest BCUT2D eigenvalue weighted by atomic mass is 10.1. The molecule has 2 saturated heterocycles. The van der Waals surface area contributed by atoms with E-state index in [1.54, 1.807) is 4.90 Å². The molecule has 1 unspecified atom stereocenters. The van der Waals surface area contributed by atoms with Crippen LogP contribution in [0.25, 0.3) is 0 Å². The van der Waals surface area contributed by atoms with E-state index < -0.39 is 11.9 Å². The van der Waals surface area contributed by atoms with Crippen LogP contribution in [-0.2, 0) is 20.9 Å². The number of carboxylic acids is 1. The van der Waals surface area contributed by atoms with Crippen molar-refractivity contribution in [2.75, 3.05) is 46.0 Å². The molecule has 136 valence electrons. The molecule has 1 amide bonds. The van der Waals surface area contributed by atoms with Gasteiger partial charge in [-0.15, -0.1) is 0 Å². The number of carboxylic acid groups (broad SMARTS) is 1. The molecule has 0 aromatic heterocycles. The molecule has 2 aliphatic rings. The first-order valence-corrected chi connectivity index (χ1v) is 8.64. The summed E-state index contributed by atoms with van der Waals surface area (Å²) in [4.78, 5) is 26.9. The van der Waals surface area contributed by atoms with Crippen molar-refractivity contribution in [2.45, 2.75) is 13.0 Å². The standard InChI is InChI=1S/C18H24N2O5/c21-17-11-15(18(22)23)13-20(17)12-14-2-1-3-16(10-14)25-9-6-19-4-7-24-8-5-19/h1-3,10,15H,4-9,11-13H2,(H,22,23). The number of morpholine rings is 1. The quantitative estimate of drug-likeness (QED) is 0.786. The van der Waals surface area contributed by atoms with Gasteiger partial charge in [-0.3, -0.25) is 14.5 Å². The average molecular weight is 348 g/mol. The second-order valence-corrected chi connectivity index (χ2v) is 6.46. The fourth-order valence-corrected chi connectivity index (χ4v) is 3.16. The van der Waals surface area contributed by atoms with Gasteiger partial charge in [0.05, 0.1) is 19.1 Å². The molecule has 2 heterocycles. The zero-order valence-corrected chi connectivity index (χ0v) is 14.2. The van der Waals surface area contributed by atoms with E-state index in [1.807, 2.05) is 24.3 Å². The molecule has 1 aromatic rings. The van der Waals surface area contributed by atoms with Crippen LogP contribution in [-0.4, -0.2) is 72.8 Å². The molecule has 3 rings (SSSR count). The maximum Gasteiger partial charge on any atom is 0.308 e. The highest BCUT2D eigenvalue weighted by molar-refractivity contribution is 5.86. The van der Waals surface area contributed by atoms with E-state index in [9.17, 15) is 9.59 Å². The van der Waals surface area contributed by atoms with Gasteiger partial charge in [-0.2, -0.15) is 0 Å². The Morgan fingerprint density at radius 1 is 1.32 bits per heavy atom. The molecule has 0 bridgehead atoms. The van der Waals surface area contributed by atoms with Crippen molar-refractivity contribution in [3.8, 4) is 5.75 Å². The molecule has 7 heteroatoms. The number of ether oxygens (including phenoxy) is 2. The summed E-state index contributed by atoms with van der Waals surface area (Å²) in [5.74, 6) is -0.838. The summed E-state index contributed by atoms with van der Waals surface area (Å²) in [5, 5.41) is 9.05. The minimum atomic E-state index is -0.906. The third-order valence-corrected chi connectivity index (χ3v) is 4.62. The minimum absolute atomic E-state index is 0.0884. The SMILES string of the molecule is O=C(O)C1CC(=O)N(Cc2cccc(OCCN3CCOCC3)c2)C1. The number of likely N-dealkylation sites (tertiary alicyclic amines) is 1. The fraction of sp³-hybridized carbons (Fsp3) is 0.556. The normalized spacial score (nSPS) is 21.5. The Balaban J connectivity index is 1.49. The lowest BCUT2D eigenvalue weighted by Gasteiger charge is -2.26. The molecule has 1 atom stereocenters. The highest BCUT2D eigenvalue weighted by Gasteiger charge is 2.34. The lowest BCUT2D eigenvalue weighted by molar-refractivity contribution is -0.141. The van der Waals surface area contributed by atoms with Crippen LogP contribution in [0.4, 0.5) is 0 Å². The Kier molecular flexibility index (Phi) is 5.88. The number of hydrogen-bond donors (Lipinski definition) is 1. The summed E-state index contributed by atoms with van der Waals surface area (Å²) in [7, 11) is 0. The van der Waals surface area contributed by atoms with Crippen LogP contribution in [0.3, 0.4) is 0 Å². The van der Waals surface area contributed by atoms with Gasteiger partial charge in [0.15, 0.2) is 0 Å². The molecule has 2 aliphatic heterocycles. The van der Waals surface area contributed by atoms with Crippen LogP contribution in [0.2, 0.25) is 0 Å². The predicted molar refractivity (Wildman–Crippen MR) is 90.4 cm³/mol. The first-order valence-electron chi connectivity index (χ1n) is 8.64. The molecule has 0 spiro atoms. The summed E-state index contributed by atoms with van der Waals surface area (Å²) in [6.07, 6.45) is 0.0884. The Hall–Kier alpha value is -2.12. The van der Waals surface area contributed by atoms with Gasteiger partial charge in [0.1, 0.15) is 12.4 Å². The smallest absolute Gasteiger partial charge is 0.308 e. The Bertz CT molecular complexity index is 615. The van der Waals surface area contributed by atoms with Gasteiger partial charge < -0.3 is 19.5 Å². The largest absolute Gasteiger partial charge is 0.492 e. The van der Waals surface area contributed by atoms with Crippen molar-refractivity contribution < 1.29 is 24.2 Å². The molecular formula is C18H24N2O5. The molecule has 0 saturated carbocycles. The molecule has 2 fully saturated rings. The Morgan fingerprint density at radius 2 is 2.12 bits per heavy atom. The third-order valence-electron chi connectivity index (χ3n) is 4.62. The summed E-state index contributed by atoms with van der Waals surface area (Å²) < 4.78 is 11.1. The number of rotatable bonds is 7. The zero-order valence-electron chi connectivity index (χ0n) is 14.2. The molecule has 1 aromatic carbocycles. The summed E-state index contributed by atoms with van der Waals surface area (Å²) in [6, 6.07) is 7.64. The van der Waals surface area contributed by atoms with Crippen LogP contribution in [0.5, 0.6) is 5.75 Å². The number of aliphatic carboxylic acids is 1. The fourth-order valence-electron chi connectivity index (χ4n) is 3.16. The second-order valence-electron chi connectivity index (χ2n) is 6.46. The number of amides is 1. The van der Waals surface area contributed by atoms with Crippen molar-refractivity contribution in [1.82, 2.24) is 9.80 Å². The van der Waals surface area contributed by atoms with Crippen molar-refractivity contribution in [3.63, 3.8) is 0 Å². The van der Waals surface area contributed by atoms with Gasteiger partial charge in [0, 0.05) is 39.1 Å². The predicted octanol–water partition coefficient (Wildman–Crippen LogP) is 0.831. The maximum atomic E-state index is 11.9. The van der Waals surface area contributed by atoms with Gasteiger partial charge in [0.25, 0.3) is 0 Å². The molecular weight excluding hydrogens is 324 g/mol. The summed E-state index contributed by atoms with van der Waals surface area (Å²) >= 11 is 0. The van der Waals surface area contributed by atoms with Crippen LogP contribution < -0.4 is 4.74 Å². The molecule has 7 nitrogen and oxygen atoms in total. The molecule has 0 radical (unpaired) electrons. The van der Waals surface area contributed by atoms with E-state index in [1.165, 1.54) is 0 Å². The van der Waals surface area contributed by atoms with Crippen LogP contribution in [0, 0.1) is 5.92 Å². The highest BCUT2D eigenvalue weighted by atomic mass is 16.5. The van der Waals surface area contributed by atoms with Crippen molar-refractivity contribution in [2.24, 2.45) is 5.92 Å². The van der Waals surface area contributed by atoms with E-state index >= 15 is 0 Å². The Morgan fingerprint density at radius 3 is 2.84 bits per heavy atom. The second kappa shape index (κ2) is 8.31. The van der Waals surface area contributed by atoms with Gasteiger partial charge >= 0.3 is 5.97 Å². The van der Waals surface area contributed by atoms with Gasteiger partial charge in [-0.05, 0) is 17.7 Å². The number of nitrogens with zero attached hydrogens (tertiary/aromatic N) is 2.